The highest BCUT2D eigenvalue weighted by atomic mass is 16.5. The third-order valence-corrected chi connectivity index (χ3v) is 4.07. The van der Waals surface area contributed by atoms with E-state index in [2.05, 4.69) is 15.2 Å². The van der Waals surface area contributed by atoms with Gasteiger partial charge in [0.15, 0.2) is 11.5 Å². The third-order valence-electron chi connectivity index (χ3n) is 4.07. The maximum absolute atomic E-state index is 12.4. The van der Waals surface area contributed by atoms with Gasteiger partial charge in [-0.05, 0) is 37.3 Å². The maximum Gasteiger partial charge on any atom is 0.251 e. The number of aryl methyl sites for hydroxylation is 1. The molecule has 0 atom stereocenters. The van der Waals surface area contributed by atoms with E-state index in [4.69, 9.17) is 9.47 Å². The fourth-order valence-corrected chi connectivity index (χ4v) is 2.69. The highest BCUT2D eigenvalue weighted by Gasteiger charge is 2.12. The van der Waals surface area contributed by atoms with E-state index in [9.17, 15) is 9.59 Å². The van der Waals surface area contributed by atoms with Crippen molar-refractivity contribution in [1.29, 1.82) is 0 Å². The number of hydrogen-bond acceptors (Lipinski definition) is 4. The van der Waals surface area contributed by atoms with E-state index in [1.807, 2.05) is 19.1 Å². The molecule has 7 nitrogen and oxygen atoms in total. The molecule has 1 aromatic carbocycles. The van der Waals surface area contributed by atoms with Crippen LogP contribution < -0.4 is 20.1 Å². The first-order valence-corrected chi connectivity index (χ1v) is 8.36. The first-order chi connectivity index (χ1) is 12.5. The van der Waals surface area contributed by atoms with Gasteiger partial charge in [-0.1, -0.05) is 0 Å². The van der Waals surface area contributed by atoms with Crippen LogP contribution in [0.5, 0.6) is 11.5 Å². The van der Waals surface area contributed by atoms with Crippen molar-refractivity contribution in [1.82, 2.24) is 15.2 Å². The predicted molar refractivity (Wildman–Crippen MR) is 98.6 cm³/mol. The number of carbonyl (C=O) groups is 2. The Morgan fingerprint density at radius 2 is 1.77 bits per heavy atom. The number of methoxy groups -OCH3 is 2. The molecule has 0 fully saturated rings. The number of benzene rings is 1. The molecule has 140 valence electrons. The largest absolute Gasteiger partial charge is 0.493 e. The number of hydrogen-bond donors (Lipinski definition) is 2. The molecule has 2 N–H and O–H groups in total. The number of nitrogens with one attached hydrogen (secondary N) is 2. The van der Waals surface area contributed by atoms with E-state index in [-0.39, 0.29) is 11.8 Å². The molecule has 2 rings (SSSR count). The molecule has 0 aliphatic heterocycles. The van der Waals surface area contributed by atoms with E-state index >= 15 is 0 Å². The van der Waals surface area contributed by atoms with Crippen LogP contribution >= 0.6 is 0 Å². The minimum absolute atomic E-state index is 0.0573. The summed E-state index contributed by atoms with van der Waals surface area (Å²) in [6.45, 7) is 5.07. The second-order valence-corrected chi connectivity index (χ2v) is 5.85. The number of aromatic nitrogens is 1. The summed E-state index contributed by atoms with van der Waals surface area (Å²) in [4.78, 5) is 23.4. The van der Waals surface area contributed by atoms with Crippen molar-refractivity contribution in [2.45, 2.75) is 26.9 Å². The lowest BCUT2D eigenvalue weighted by Gasteiger charge is -2.13. The second kappa shape index (κ2) is 8.94. The molecule has 0 aliphatic rings. The van der Waals surface area contributed by atoms with E-state index in [0.717, 1.165) is 11.4 Å². The molecule has 0 aliphatic carbocycles. The van der Waals surface area contributed by atoms with Crippen LogP contribution in [0, 0.1) is 6.92 Å². The van der Waals surface area contributed by atoms with Gasteiger partial charge < -0.3 is 24.7 Å². The van der Waals surface area contributed by atoms with Crippen LogP contribution in [-0.2, 0) is 17.9 Å². The van der Waals surface area contributed by atoms with Gasteiger partial charge >= 0.3 is 0 Å². The SMILES string of the molecule is COc1ccc(C(=O)NCc2ccc(C)n2CCNC(C)=O)cc1OC. The monoisotopic (exact) mass is 359 g/mol. The predicted octanol–water partition coefficient (Wildman–Crippen LogP) is 1.88. The maximum atomic E-state index is 12.4. The average Bonchev–Trinajstić information content (AvgIpc) is 2.98. The summed E-state index contributed by atoms with van der Waals surface area (Å²) < 4.78 is 12.5. The van der Waals surface area contributed by atoms with E-state index in [1.165, 1.54) is 14.0 Å². The highest BCUT2D eigenvalue weighted by molar-refractivity contribution is 5.94. The van der Waals surface area contributed by atoms with E-state index < -0.39 is 0 Å². The zero-order valence-corrected chi connectivity index (χ0v) is 15.6. The molecule has 2 aromatic rings. The lowest BCUT2D eigenvalue weighted by atomic mass is 10.2. The summed E-state index contributed by atoms with van der Waals surface area (Å²) in [5, 5.41) is 5.69. The fraction of sp³-hybridized carbons (Fsp3) is 0.368. The number of carbonyl (C=O) groups excluding carboxylic acids is 2. The van der Waals surface area contributed by atoms with Crippen molar-refractivity contribution >= 4 is 11.8 Å². The number of ether oxygens (including phenoxy) is 2. The Morgan fingerprint density at radius 3 is 2.42 bits per heavy atom. The van der Waals surface area contributed by atoms with Crippen molar-refractivity contribution in [2.24, 2.45) is 0 Å². The van der Waals surface area contributed by atoms with Crippen LogP contribution in [0.1, 0.15) is 28.7 Å². The molecule has 7 heteroatoms. The van der Waals surface area contributed by atoms with Crippen molar-refractivity contribution in [3.05, 3.63) is 47.3 Å². The van der Waals surface area contributed by atoms with Gasteiger partial charge in [0.25, 0.3) is 5.91 Å². The van der Waals surface area contributed by atoms with Gasteiger partial charge in [-0.2, -0.15) is 0 Å². The Labute approximate surface area is 153 Å². The first-order valence-electron chi connectivity index (χ1n) is 8.36. The molecule has 0 saturated heterocycles. The van der Waals surface area contributed by atoms with Gasteiger partial charge in [0.2, 0.25) is 5.91 Å². The third kappa shape index (κ3) is 4.78. The molecule has 26 heavy (non-hydrogen) atoms. The molecular formula is C19H25N3O4. The summed E-state index contributed by atoms with van der Waals surface area (Å²) in [6, 6.07) is 9.00. The molecule has 0 radical (unpaired) electrons. The van der Waals surface area contributed by atoms with Crippen LogP contribution in [0.15, 0.2) is 30.3 Å². The Morgan fingerprint density at radius 1 is 1.04 bits per heavy atom. The lowest BCUT2D eigenvalue weighted by molar-refractivity contribution is -0.118. The minimum atomic E-state index is -0.196. The van der Waals surface area contributed by atoms with Crippen molar-refractivity contribution in [3.8, 4) is 11.5 Å². The molecule has 1 aromatic heterocycles. The summed E-state index contributed by atoms with van der Waals surface area (Å²) in [6.07, 6.45) is 0. The van der Waals surface area contributed by atoms with Gasteiger partial charge in [0.1, 0.15) is 0 Å². The molecule has 2 amide bonds. The number of nitrogens with zero attached hydrogens (tertiary/aromatic N) is 1. The van der Waals surface area contributed by atoms with Crippen molar-refractivity contribution in [2.75, 3.05) is 20.8 Å². The van der Waals surface area contributed by atoms with Crippen LogP contribution in [-0.4, -0.2) is 37.1 Å². The Bertz CT molecular complexity index is 783. The average molecular weight is 359 g/mol. The highest BCUT2D eigenvalue weighted by Crippen LogP contribution is 2.27. The smallest absolute Gasteiger partial charge is 0.251 e. The van der Waals surface area contributed by atoms with Gasteiger partial charge in [-0.25, -0.2) is 0 Å². The summed E-state index contributed by atoms with van der Waals surface area (Å²) in [5.74, 6) is 0.831. The zero-order chi connectivity index (χ0) is 19.1. The molecule has 0 saturated carbocycles. The molecule has 1 heterocycles. The van der Waals surface area contributed by atoms with E-state index in [0.29, 0.717) is 36.7 Å². The summed E-state index contributed by atoms with van der Waals surface area (Å²) in [7, 11) is 3.08. The summed E-state index contributed by atoms with van der Waals surface area (Å²) >= 11 is 0. The molecule has 0 spiro atoms. The number of amides is 2. The minimum Gasteiger partial charge on any atom is -0.493 e. The molecule has 0 unspecified atom stereocenters. The summed E-state index contributed by atoms with van der Waals surface area (Å²) in [5.41, 5.74) is 2.54. The number of rotatable bonds is 8. The topological polar surface area (TPSA) is 81.6 Å². The van der Waals surface area contributed by atoms with Crippen molar-refractivity contribution in [3.63, 3.8) is 0 Å². The molecule has 0 bridgehead atoms. The van der Waals surface area contributed by atoms with Gasteiger partial charge in [0, 0.05) is 37.0 Å². The van der Waals surface area contributed by atoms with Crippen LogP contribution in [0.4, 0.5) is 0 Å². The van der Waals surface area contributed by atoms with Crippen molar-refractivity contribution < 1.29 is 19.1 Å². The van der Waals surface area contributed by atoms with E-state index in [1.54, 1.807) is 25.3 Å². The van der Waals surface area contributed by atoms with Gasteiger partial charge in [-0.3, -0.25) is 9.59 Å². The Hall–Kier alpha value is -2.96. The van der Waals surface area contributed by atoms with Crippen LogP contribution in [0.3, 0.4) is 0 Å². The van der Waals surface area contributed by atoms with Gasteiger partial charge in [-0.15, -0.1) is 0 Å². The second-order valence-electron chi connectivity index (χ2n) is 5.85. The zero-order valence-electron chi connectivity index (χ0n) is 15.6. The normalized spacial score (nSPS) is 10.3. The standard InChI is InChI=1S/C19H25N3O4/c1-13-5-7-16(22(13)10-9-20-14(2)23)12-21-19(24)15-6-8-17(25-3)18(11-15)26-4/h5-8,11H,9-10,12H2,1-4H3,(H,20,23)(H,21,24). The van der Waals surface area contributed by atoms with Gasteiger partial charge in [0.05, 0.1) is 20.8 Å². The van der Waals surface area contributed by atoms with Crippen LogP contribution in [0.25, 0.3) is 0 Å². The first kappa shape index (κ1) is 19.4. The molecular weight excluding hydrogens is 334 g/mol. The quantitative estimate of drug-likeness (QED) is 0.754. The lowest BCUT2D eigenvalue weighted by Crippen LogP contribution is -2.27. The Balaban J connectivity index is 2.02. The van der Waals surface area contributed by atoms with Crippen LogP contribution in [0.2, 0.25) is 0 Å². The Kier molecular flexibility index (Phi) is 6.66. The fourth-order valence-electron chi connectivity index (χ4n) is 2.69.